The van der Waals surface area contributed by atoms with Crippen LogP contribution in [0.1, 0.15) is 48.1 Å². The highest BCUT2D eigenvalue weighted by molar-refractivity contribution is 7.88. The summed E-state index contributed by atoms with van der Waals surface area (Å²) in [6.45, 7) is 6.80. The molecule has 1 atom stereocenters. The van der Waals surface area contributed by atoms with Crippen LogP contribution in [0.2, 0.25) is 5.02 Å². The Kier molecular flexibility index (Phi) is 7.22. The number of sulfonamides is 1. The second-order valence-electron chi connectivity index (χ2n) is 8.09. The Morgan fingerprint density at radius 1 is 1.13 bits per heavy atom. The first-order chi connectivity index (χ1) is 14.2. The van der Waals surface area contributed by atoms with Crippen molar-refractivity contribution >= 4 is 27.5 Å². The molecule has 1 saturated heterocycles. The second kappa shape index (κ2) is 9.50. The van der Waals surface area contributed by atoms with Gasteiger partial charge in [-0.2, -0.15) is 0 Å². The van der Waals surface area contributed by atoms with Crippen molar-refractivity contribution in [2.45, 2.75) is 45.4 Å². The molecule has 0 spiro atoms. The molecule has 2 aromatic rings. The number of aryl methyl sites for hydroxylation is 2. The van der Waals surface area contributed by atoms with Gasteiger partial charge in [0.05, 0.1) is 11.8 Å². The van der Waals surface area contributed by atoms with E-state index in [1.54, 1.807) is 24.3 Å². The third kappa shape index (κ3) is 5.42. The number of hydrogen-bond acceptors (Lipinski definition) is 3. The van der Waals surface area contributed by atoms with Gasteiger partial charge in [0.2, 0.25) is 15.9 Å². The number of piperidine rings is 1. The largest absolute Gasteiger partial charge is 0.349 e. The first-order valence-corrected chi connectivity index (χ1v) is 12.2. The van der Waals surface area contributed by atoms with E-state index in [4.69, 9.17) is 11.6 Å². The minimum Gasteiger partial charge on any atom is -0.349 e. The molecule has 3 rings (SSSR count). The van der Waals surface area contributed by atoms with E-state index in [0.717, 1.165) is 5.56 Å². The van der Waals surface area contributed by atoms with Crippen molar-refractivity contribution in [2.75, 3.05) is 13.1 Å². The number of amides is 1. The van der Waals surface area contributed by atoms with Crippen molar-refractivity contribution in [3.8, 4) is 0 Å². The number of nitrogens with zero attached hydrogens (tertiary/aromatic N) is 1. The maximum absolute atomic E-state index is 12.8. The molecule has 7 heteroatoms. The highest BCUT2D eigenvalue weighted by Crippen LogP contribution is 2.25. The molecule has 0 radical (unpaired) electrons. The van der Waals surface area contributed by atoms with E-state index in [2.05, 4.69) is 31.3 Å². The first-order valence-electron chi connectivity index (χ1n) is 10.3. The summed E-state index contributed by atoms with van der Waals surface area (Å²) in [6.07, 6.45) is 1.04. The van der Waals surface area contributed by atoms with Crippen LogP contribution < -0.4 is 5.32 Å². The summed E-state index contributed by atoms with van der Waals surface area (Å²) in [5, 5.41) is 3.54. The molecule has 0 unspecified atom stereocenters. The first kappa shape index (κ1) is 22.8. The number of carbonyl (C=O) groups is 1. The minimum atomic E-state index is -3.47. The standard InChI is InChI=1S/C23H29ClN2O3S/c1-16-8-9-20(14-17(16)2)18(3)25-23(27)19-10-12-26(13-11-19)30(28,29)15-21-6-4-5-7-22(21)24/h4-9,14,18-19H,10-13,15H2,1-3H3,(H,25,27)/t18-/m1/s1. The summed E-state index contributed by atoms with van der Waals surface area (Å²) in [6, 6.07) is 13.1. The van der Waals surface area contributed by atoms with Gasteiger partial charge in [-0.05, 0) is 61.9 Å². The molecule has 5 nitrogen and oxygen atoms in total. The summed E-state index contributed by atoms with van der Waals surface area (Å²) in [5.74, 6) is -0.303. The predicted octanol–water partition coefficient (Wildman–Crippen LogP) is 4.38. The molecule has 1 aliphatic heterocycles. The lowest BCUT2D eigenvalue weighted by Crippen LogP contribution is -2.43. The quantitative estimate of drug-likeness (QED) is 0.713. The highest BCUT2D eigenvalue weighted by atomic mass is 35.5. The third-order valence-corrected chi connectivity index (χ3v) is 8.10. The van der Waals surface area contributed by atoms with E-state index < -0.39 is 10.0 Å². The van der Waals surface area contributed by atoms with Gasteiger partial charge in [-0.15, -0.1) is 0 Å². The van der Waals surface area contributed by atoms with E-state index in [1.165, 1.54) is 15.4 Å². The third-order valence-electron chi connectivity index (χ3n) is 5.90. The van der Waals surface area contributed by atoms with Crippen LogP contribution in [0.5, 0.6) is 0 Å². The summed E-state index contributed by atoms with van der Waals surface area (Å²) >= 11 is 6.12. The lowest BCUT2D eigenvalue weighted by molar-refractivity contribution is -0.126. The molecule has 162 valence electrons. The van der Waals surface area contributed by atoms with Crippen molar-refractivity contribution in [3.05, 3.63) is 69.7 Å². The Balaban J connectivity index is 1.56. The zero-order valence-electron chi connectivity index (χ0n) is 17.7. The van der Waals surface area contributed by atoms with Crippen molar-refractivity contribution < 1.29 is 13.2 Å². The van der Waals surface area contributed by atoms with Crippen LogP contribution in [0.15, 0.2) is 42.5 Å². The predicted molar refractivity (Wildman–Crippen MR) is 121 cm³/mol. The molecule has 2 aromatic carbocycles. The van der Waals surface area contributed by atoms with Crippen molar-refractivity contribution in [1.82, 2.24) is 9.62 Å². The van der Waals surface area contributed by atoms with Gasteiger partial charge in [0.1, 0.15) is 0 Å². The fourth-order valence-corrected chi connectivity index (χ4v) is 5.62. The fraction of sp³-hybridized carbons (Fsp3) is 0.435. The summed E-state index contributed by atoms with van der Waals surface area (Å²) in [7, 11) is -3.47. The average Bonchev–Trinajstić information content (AvgIpc) is 2.71. The number of benzene rings is 2. The van der Waals surface area contributed by atoms with Gasteiger partial charge in [0.15, 0.2) is 0 Å². The van der Waals surface area contributed by atoms with E-state index in [0.29, 0.717) is 36.5 Å². The molecule has 0 bridgehead atoms. The van der Waals surface area contributed by atoms with Crippen LogP contribution in [-0.2, 0) is 20.6 Å². The zero-order valence-corrected chi connectivity index (χ0v) is 19.3. The minimum absolute atomic E-state index is 0.0103. The van der Waals surface area contributed by atoms with Crippen LogP contribution in [0.25, 0.3) is 0 Å². The molecule has 0 aromatic heterocycles. The maximum Gasteiger partial charge on any atom is 0.223 e. The lowest BCUT2D eigenvalue weighted by atomic mass is 9.96. The fourth-order valence-electron chi connectivity index (χ4n) is 3.75. The van der Waals surface area contributed by atoms with Gasteiger partial charge in [0.25, 0.3) is 0 Å². The van der Waals surface area contributed by atoms with Gasteiger partial charge in [-0.25, -0.2) is 12.7 Å². The normalized spacial score (nSPS) is 16.9. The van der Waals surface area contributed by atoms with E-state index >= 15 is 0 Å². The van der Waals surface area contributed by atoms with Crippen LogP contribution in [0.3, 0.4) is 0 Å². The van der Waals surface area contributed by atoms with Crippen LogP contribution in [0.4, 0.5) is 0 Å². The van der Waals surface area contributed by atoms with Crippen LogP contribution >= 0.6 is 11.6 Å². The summed E-state index contributed by atoms with van der Waals surface area (Å²) < 4.78 is 27.0. The van der Waals surface area contributed by atoms with E-state index in [1.807, 2.05) is 13.0 Å². The van der Waals surface area contributed by atoms with Crippen molar-refractivity contribution in [3.63, 3.8) is 0 Å². The van der Waals surface area contributed by atoms with E-state index in [9.17, 15) is 13.2 Å². The molecule has 0 saturated carbocycles. The van der Waals surface area contributed by atoms with Gasteiger partial charge in [-0.3, -0.25) is 4.79 Å². The second-order valence-corrected chi connectivity index (χ2v) is 10.5. The smallest absolute Gasteiger partial charge is 0.223 e. The molecule has 30 heavy (non-hydrogen) atoms. The number of rotatable bonds is 6. The van der Waals surface area contributed by atoms with Gasteiger partial charge in [0, 0.05) is 24.0 Å². The molecular formula is C23H29ClN2O3S. The molecule has 1 heterocycles. The van der Waals surface area contributed by atoms with Crippen LogP contribution in [0, 0.1) is 19.8 Å². The van der Waals surface area contributed by atoms with Gasteiger partial charge >= 0.3 is 0 Å². The maximum atomic E-state index is 12.8. The number of halogens is 1. The number of hydrogen-bond donors (Lipinski definition) is 1. The average molecular weight is 449 g/mol. The monoisotopic (exact) mass is 448 g/mol. The number of carbonyl (C=O) groups excluding carboxylic acids is 1. The Hall–Kier alpha value is -1.89. The van der Waals surface area contributed by atoms with Crippen molar-refractivity contribution in [2.24, 2.45) is 5.92 Å². The lowest BCUT2D eigenvalue weighted by Gasteiger charge is -2.31. The molecule has 1 aliphatic rings. The van der Waals surface area contributed by atoms with Crippen LogP contribution in [-0.4, -0.2) is 31.7 Å². The molecule has 1 N–H and O–H groups in total. The molecule has 1 amide bonds. The molecule has 0 aliphatic carbocycles. The highest BCUT2D eigenvalue weighted by Gasteiger charge is 2.32. The van der Waals surface area contributed by atoms with E-state index in [-0.39, 0.29) is 23.6 Å². The molecule has 1 fully saturated rings. The Labute approximate surface area is 184 Å². The van der Waals surface area contributed by atoms with Gasteiger partial charge < -0.3 is 5.32 Å². The topological polar surface area (TPSA) is 66.5 Å². The summed E-state index contributed by atoms with van der Waals surface area (Å²) in [4.78, 5) is 12.7. The van der Waals surface area contributed by atoms with Crippen molar-refractivity contribution in [1.29, 1.82) is 0 Å². The summed E-state index contributed by atoms with van der Waals surface area (Å²) in [5.41, 5.74) is 4.10. The SMILES string of the molecule is Cc1ccc([C@@H](C)NC(=O)C2CCN(S(=O)(=O)Cc3ccccc3Cl)CC2)cc1C. The number of nitrogens with one attached hydrogen (secondary N) is 1. The van der Waals surface area contributed by atoms with Gasteiger partial charge in [-0.1, -0.05) is 48.0 Å². The Morgan fingerprint density at radius 3 is 2.43 bits per heavy atom. The Morgan fingerprint density at radius 2 is 1.80 bits per heavy atom. The molecular weight excluding hydrogens is 420 g/mol. The zero-order chi connectivity index (χ0) is 21.9. The Bertz CT molecular complexity index is 1010.